The minimum Gasteiger partial charge on any atom is -0.456 e. The van der Waals surface area contributed by atoms with Gasteiger partial charge in [0.2, 0.25) is 5.91 Å². The van der Waals surface area contributed by atoms with E-state index >= 15 is 0 Å². The fourth-order valence-corrected chi connectivity index (χ4v) is 5.33. The molecule has 39 heavy (non-hydrogen) atoms. The highest BCUT2D eigenvalue weighted by Gasteiger charge is 2.53. The number of nitrogens with two attached hydrogens (primary N) is 1. The van der Waals surface area contributed by atoms with E-state index < -0.39 is 11.6 Å². The van der Waals surface area contributed by atoms with Crippen molar-refractivity contribution in [2.24, 2.45) is 5.73 Å². The maximum atomic E-state index is 13.3. The zero-order valence-corrected chi connectivity index (χ0v) is 23.0. The number of rotatable bonds is 9. The first-order chi connectivity index (χ1) is 18.7. The Bertz CT molecular complexity index is 1360. The number of carbonyl (C=O) groups is 2. The Labute approximate surface area is 229 Å². The molecule has 2 heterocycles. The molecule has 2 aliphatic rings. The molecule has 3 N–H and O–H groups in total. The molecule has 0 fully saturated rings. The Morgan fingerprint density at radius 2 is 1.49 bits per heavy atom. The van der Waals surface area contributed by atoms with Crippen LogP contribution in [0.3, 0.4) is 0 Å². The number of hydrogen-bond donors (Lipinski definition) is 2. The lowest BCUT2D eigenvalue weighted by Gasteiger charge is -2.37. The predicted molar refractivity (Wildman–Crippen MR) is 153 cm³/mol. The molecule has 0 aromatic heterocycles. The van der Waals surface area contributed by atoms with E-state index in [1.54, 1.807) is 6.07 Å². The molecule has 0 unspecified atom stereocenters. The van der Waals surface area contributed by atoms with E-state index in [1.807, 2.05) is 86.5 Å². The van der Waals surface area contributed by atoms with Gasteiger partial charge >= 0.3 is 5.97 Å². The van der Waals surface area contributed by atoms with Gasteiger partial charge in [-0.2, -0.15) is 0 Å². The monoisotopic (exact) mass is 528 g/mol. The van der Waals surface area contributed by atoms with E-state index in [-0.39, 0.29) is 12.3 Å². The van der Waals surface area contributed by atoms with Gasteiger partial charge in [-0.05, 0) is 61.3 Å². The predicted octanol–water partition coefficient (Wildman–Crippen LogP) is 4.17. The van der Waals surface area contributed by atoms with Gasteiger partial charge < -0.3 is 30.3 Å². The smallest absolute Gasteiger partial charge is 0.340 e. The summed E-state index contributed by atoms with van der Waals surface area (Å²) in [5.41, 5.74) is 9.86. The van der Waals surface area contributed by atoms with Crippen LogP contribution in [0, 0.1) is 0 Å². The summed E-state index contributed by atoms with van der Waals surface area (Å²) in [4.78, 5) is 30.0. The summed E-state index contributed by atoms with van der Waals surface area (Å²) in [5, 5.41) is 3.00. The summed E-state index contributed by atoms with van der Waals surface area (Å²) in [6.45, 7) is 1.28. The van der Waals surface area contributed by atoms with Crippen LogP contribution in [0.15, 0.2) is 54.6 Å². The van der Waals surface area contributed by atoms with Gasteiger partial charge in [0.25, 0.3) is 0 Å². The summed E-state index contributed by atoms with van der Waals surface area (Å²) in [7, 11) is 7.88. The van der Waals surface area contributed by atoms with Gasteiger partial charge in [0.05, 0.1) is 12.0 Å². The number of amides is 1. The standard InChI is InChI=1S/C31H36N4O4/c1-34(2)21-9-12-24-27(18-21)38-28-19-22(35(3)4)10-13-25(28)31(24)26-16-20(8-11-23(26)30(37)39-31)17-29(36)33-15-7-5-6-14-32/h8-13,16,18-19H,5-7,14-15,17,32H2,1-4H3,(H,33,36). The molecule has 1 amide bonds. The van der Waals surface area contributed by atoms with Gasteiger partial charge in [-0.3, -0.25) is 4.79 Å². The lowest BCUT2D eigenvalue weighted by molar-refractivity contribution is -0.120. The van der Waals surface area contributed by atoms with E-state index in [0.717, 1.165) is 52.9 Å². The molecule has 2 aliphatic heterocycles. The summed E-state index contributed by atoms with van der Waals surface area (Å²) in [5.74, 6) is 0.811. The minimum atomic E-state index is -1.18. The van der Waals surface area contributed by atoms with Crippen molar-refractivity contribution >= 4 is 23.3 Å². The van der Waals surface area contributed by atoms with E-state index in [1.165, 1.54) is 0 Å². The molecule has 5 rings (SSSR count). The Balaban J connectivity index is 1.58. The summed E-state index contributed by atoms with van der Waals surface area (Å²) < 4.78 is 12.8. The fourth-order valence-electron chi connectivity index (χ4n) is 5.33. The molecule has 0 saturated heterocycles. The second-order valence-electron chi connectivity index (χ2n) is 10.6. The van der Waals surface area contributed by atoms with Crippen LogP contribution in [0.4, 0.5) is 11.4 Å². The van der Waals surface area contributed by atoms with Crippen LogP contribution in [-0.4, -0.2) is 53.2 Å². The largest absolute Gasteiger partial charge is 0.456 e. The quantitative estimate of drug-likeness (QED) is 0.318. The van der Waals surface area contributed by atoms with Gasteiger partial charge in [0, 0.05) is 74.9 Å². The second kappa shape index (κ2) is 10.6. The number of carbonyl (C=O) groups excluding carboxylic acids is 2. The number of benzene rings is 3. The highest BCUT2D eigenvalue weighted by atomic mass is 16.6. The highest BCUT2D eigenvalue weighted by Crippen LogP contribution is 2.57. The SMILES string of the molecule is CN(C)c1ccc2c(c1)Oc1cc(N(C)C)ccc1C21OC(=O)c2ccc(CC(=O)NCCCCCN)cc21. The normalized spacial score (nSPS) is 14.1. The molecule has 0 bridgehead atoms. The number of nitrogens with one attached hydrogen (secondary N) is 1. The molecule has 0 atom stereocenters. The highest BCUT2D eigenvalue weighted by molar-refractivity contribution is 5.97. The Morgan fingerprint density at radius 3 is 2.08 bits per heavy atom. The van der Waals surface area contributed by atoms with Crippen molar-refractivity contribution in [2.75, 3.05) is 51.1 Å². The molecule has 204 valence electrons. The molecule has 0 aliphatic carbocycles. The molecule has 1 spiro atoms. The fraction of sp³-hybridized carbons (Fsp3) is 0.355. The van der Waals surface area contributed by atoms with Crippen molar-refractivity contribution < 1.29 is 19.1 Å². The third-order valence-corrected chi connectivity index (χ3v) is 7.44. The van der Waals surface area contributed by atoms with Crippen LogP contribution in [0.1, 0.15) is 51.9 Å². The molecule has 3 aromatic carbocycles. The molecule has 8 heteroatoms. The lowest BCUT2D eigenvalue weighted by Crippen LogP contribution is -2.33. The molecular weight excluding hydrogens is 492 g/mol. The van der Waals surface area contributed by atoms with Crippen molar-refractivity contribution in [3.63, 3.8) is 0 Å². The van der Waals surface area contributed by atoms with Crippen molar-refractivity contribution in [3.8, 4) is 11.5 Å². The third-order valence-electron chi connectivity index (χ3n) is 7.44. The summed E-state index contributed by atoms with van der Waals surface area (Å²) in [6, 6.07) is 17.4. The zero-order chi connectivity index (χ0) is 27.7. The van der Waals surface area contributed by atoms with Gasteiger partial charge in [-0.1, -0.05) is 12.5 Å². The van der Waals surface area contributed by atoms with Crippen LogP contribution >= 0.6 is 0 Å². The molecule has 0 saturated carbocycles. The Morgan fingerprint density at radius 1 is 0.846 bits per heavy atom. The Kier molecular flexibility index (Phi) is 7.23. The first-order valence-electron chi connectivity index (χ1n) is 13.4. The van der Waals surface area contributed by atoms with Crippen LogP contribution in [0.5, 0.6) is 11.5 Å². The van der Waals surface area contributed by atoms with E-state index in [4.69, 9.17) is 15.2 Å². The molecule has 0 radical (unpaired) electrons. The first kappa shape index (κ1) is 26.6. The second-order valence-corrected chi connectivity index (χ2v) is 10.6. The number of anilines is 2. The number of ether oxygens (including phenoxy) is 2. The number of esters is 1. The van der Waals surface area contributed by atoms with Gasteiger partial charge in [-0.25, -0.2) is 4.79 Å². The van der Waals surface area contributed by atoms with Crippen LogP contribution < -0.4 is 25.6 Å². The topological polar surface area (TPSA) is 97.1 Å². The average Bonchev–Trinajstić information content (AvgIpc) is 3.19. The zero-order valence-electron chi connectivity index (χ0n) is 23.0. The van der Waals surface area contributed by atoms with Gasteiger partial charge in [0.15, 0.2) is 5.60 Å². The van der Waals surface area contributed by atoms with Crippen LogP contribution in [0.2, 0.25) is 0 Å². The molecular formula is C31H36N4O4. The minimum absolute atomic E-state index is 0.0546. The van der Waals surface area contributed by atoms with E-state index in [2.05, 4.69) is 5.32 Å². The van der Waals surface area contributed by atoms with Gasteiger partial charge in [-0.15, -0.1) is 0 Å². The van der Waals surface area contributed by atoms with Crippen molar-refractivity contribution in [1.29, 1.82) is 0 Å². The van der Waals surface area contributed by atoms with Crippen LogP contribution in [-0.2, 0) is 21.6 Å². The van der Waals surface area contributed by atoms with Crippen LogP contribution in [0.25, 0.3) is 0 Å². The maximum absolute atomic E-state index is 13.3. The average molecular weight is 529 g/mol. The Hall–Kier alpha value is -4.04. The number of nitrogens with zero attached hydrogens (tertiary/aromatic N) is 2. The molecule has 8 nitrogen and oxygen atoms in total. The van der Waals surface area contributed by atoms with Crippen molar-refractivity contribution in [1.82, 2.24) is 5.32 Å². The summed E-state index contributed by atoms with van der Waals surface area (Å²) in [6.07, 6.45) is 3.05. The molecule has 3 aromatic rings. The summed E-state index contributed by atoms with van der Waals surface area (Å²) >= 11 is 0. The first-order valence-corrected chi connectivity index (χ1v) is 13.4. The van der Waals surface area contributed by atoms with Crippen molar-refractivity contribution in [2.45, 2.75) is 31.3 Å². The number of unbranched alkanes of at least 4 members (excludes halogenated alkanes) is 2. The van der Waals surface area contributed by atoms with E-state index in [9.17, 15) is 9.59 Å². The third kappa shape index (κ3) is 4.81. The lowest BCUT2D eigenvalue weighted by atomic mass is 9.77. The number of fused-ring (bicyclic) bond motifs is 6. The maximum Gasteiger partial charge on any atom is 0.340 e. The number of hydrogen-bond acceptors (Lipinski definition) is 7. The van der Waals surface area contributed by atoms with Gasteiger partial charge in [0.1, 0.15) is 11.5 Å². The van der Waals surface area contributed by atoms with Crippen molar-refractivity contribution in [3.05, 3.63) is 82.4 Å². The van der Waals surface area contributed by atoms with E-state index in [0.29, 0.717) is 30.2 Å².